The average molecular weight is 356 g/mol. The van der Waals surface area contributed by atoms with Crippen LogP contribution in [0.2, 0.25) is 0 Å². The Bertz CT molecular complexity index is 759. The molecule has 1 aliphatic heterocycles. The molecule has 0 spiro atoms. The second-order valence-corrected chi connectivity index (χ2v) is 6.26. The predicted octanol–water partition coefficient (Wildman–Crippen LogP) is 3.08. The van der Waals surface area contributed by atoms with E-state index < -0.39 is 0 Å². The molecule has 2 aromatic rings. The van der Waals surface area contributed by atoms with Gasteiger partial charge in [0.25, 0.3) is 5.91 Å². The van der Waals surface area contributed by atoms with Crippen molar-refractivity contribution in [1.82, 2.24) is 4.90 Å². The zero-order chi connectivity index (χ0) is 18.4. The smallest absolute Gasteiger partial charge is 0.260 e. The number of ether oxygens (including phenoxy) is 1. The maximum absolute atomic E-state index is 13.2. The van der Waals surface area contributed by atoms with E-state index in [1.165, 1.54) is 12.1 Å². The standard InChI is InChI=1S/C20H21FN2O3/c21-16-5-4-6-17(13-16)22-20(25)15-9-11-23(12-10-15)19(24)14-26-18-7-2-1-3-8-18/h1-8,13,15H,9-12,14H2,(H,22,25). The molecule has 3 rings (SSSR count). The molecular formula is C20H21FN2O3. The highest BCUT2D eigenvalue weighted by Gasteiger charge is 2.27. The third-order valence-electron chi connectivity index (χ3n) is 4.42. The summed E-state index contributed by atoms with van der Waals surface area (Å²) in [6.07, 6.45) is 1.16. The van der Waals surface area contributed by atoms with Gasteiger partial charge < -0.3 is 15.0 Å². The van der Waals surface area contributed by atoms with E-state index in [0.717, 1.165) is 0 Å². The van der Waals surface area contributed by atoms with Crippen LogP contribution in [0.5, 0.6) is 5.75 Å². The first kappa shape index (κ1) is 17.9. The number of nitrogens with one attached hydrogen (secondary N) is 1. The molecule has 2 aromatic carbocycles. The van der Waals surface area contributed by atoms with E-state index in [1.807, 2.05) is 18.2 Å². The summed E-state index contributed by atoms with van der Waals surface area (Å²) in [4.78, 5) is 26.3. The fourth-order valence-electron chi connectivity index (χ4n) is 2.95. The van der Waals surface area contributed by atoms with Crippen molar-refractivity contribution in [1.29, 1.82) is 0 Å². The molecule has 2 amide bonds. The van der Waals surface area contributed by atoms with Gasteiger partial charge in [0.05, 0.1) is 0 Å². The molecule has 0 atom stereocenters. The van der Waals surface area contributed by atoms with Crippen molar-refractivity contribution in [2.45, 2.75) is 12.8 Å². The lowest BCUT2D eigenvalue weighted by Crippen LogP contribution is -2.43. The first-order valence-electron chi connectivity index (χ1n) is 8.64. The third-order valence-corrected chi connectivity index (χ3v) is 4.42. The number of amides is 2. The Kier molecular flexibility index (Phi) is 5.84. The highest BCUT2D eigenvalue weighted by Crippen LogP contribution is 2.20. The SMILES string of the molecule is O=C(Nc1cccc(F)c1)C1CCN(C(=O)COc2ccccc2)CC1. The Morgan fingerprint density at radius 3 is 2.50 bits per heavy atom. The number of anilines is 1. The molecule has 6 heteroatoms. The van der Waals surface area contributed by atoms with E-state index in [1.54, 1.807) is 29.2 Å². The number of piperidine rings is 1. The van der Waals surface area contributed by atoms with Crippen LogP contribution in [0.1, 0.15) is 12.8 Å². The van der Waals surface area contributed by atoms with Crippen LogP contribution in [-0.2, 0) is 9.59 Å². The molecule has 1 heterocycles. The van der Waals surface area contributed by atoms with Gasteiger partial charge in [0.2, 0.25) is 5.91 Å². The number of para-hydroxylation sites is 1. The minimum Gasteiger partial charge on any atom is -0.484 e. The summed E-state index contributed by atoms with van der Waals surface area (Å²) < 4.78 is 18.7. The number of carbonyl (C=O) groups excluding carboxylic acids is 2. The Morgan fingerprint density at radius 2 is 1.81 bits per heavy atom. The molecule has 1 N–H and O–H groups in total. The molecule has 136 valence electrons. The van der Waals surface area contributed by atoms with Gasteiger partial charge in [-0.15, -0.1) is 0 Å². The summed E-state index contributed by atoms with van der Waals surface area (Å²) in [5, 5.41) is 2.74. The first-order valence-corrected chi connectivity index (χ1v) is 8.64. The number of hydrogen-bond acceptors (Lipinski definition) is 3. The van der Waals surface area contributed by atoms with Crippen LogP contribution >= 0.6 is 0 Å². The van der Waals surface area contributed by atoms with E-state index in [4.69, 9.17) is 4.74 Å². The number of halogens is 1. The van der Waals surface area contributed by atoms with E-state index >= 15 is 0 Å². The Hall–Kier alpha value is -2.89. The van der Waals surface area contributed by atoms with E-state index in [2.05, 4.69) is 5.32 Å². The van der Waals surface area contributed by atoms with Crippen LogP contribution < -0.4 is 10.1 Å². The van der Waals surface area contributed by atoms with Gasteiger partial charge in [0.15, 0.2) is 6.61 Å². The summed E-state index contributed by atoms with van der Waals surface area (Å²) in [7, 11) is 0. The molecule has 0 unspecified atom stereocenters. The molecular weight excluding hydrogens is 335 g/mol. The minimum absolute atomic E-state index is 0.00975. The molecule has 0 aromatic heterocycles. The number of likely N-dealkylation sites (tertiary alicyclic amines) is 1. The maximum Gasteiger partial charge on any atom is 0.260 e. The number of rotatable bonds is 5. The van der Waals surface area contributed by atoms with Crippen LogP contribution in [0.4, 0.5) is 10.1 Å². The third kappa shape index (κ3) is 4.81. The van der Waals surface area contributed by atoms with Gasteiger partial charge in [-0.25, -0.2) is 4.39 Å². The molecule has 0 bridgehead atoms. The van der Waals surface area contributed by atoms with E-state index in [-0.39, 0.29) is 30.2 Å². The Balaban J connectivity index is 1.44. The topological polar surface area (TPSA) is 58.6 Å². The van der Waals surface area contributed by atoms with Gasteiger partial charge in [-0.1, -0.05) is 24.3 Å². The lowest BCUT2D eigenvalue weighted by molar-refractivity contribution is -0.136. The fourth-order valence-corrected chi connectivity index (χ4v) is 2.95. The highest BCUT2D eigenvalue weighted by atomic mass is 19.1. The van der Waals surface area contributed by atoms with Gasteiger partial charge in [-0.05, 0) is 43.2 Å². The van der Waals surface area contributed by atoms with E-state index in [0.29, 0.717) is 37.4 Å². The van der Waals surface area contributed by atoms with Crippen molar-refractivity contribution in [2.75, 3.05) is 25.0 Å². The normalized spacial score (nSPS) is 14.7. The summed E-state index contributed by atoms with van der Waals surface area (Å²) in [6, 6.07) is 15.0. The molecule has 1 fully saturated rings. The van der Waals surface area contributed by atoms with Gasteiger partial charge in [-0.2, -0.15) is 0 Å². The Morgan fingerprint density at radius 1 is 1.08 bits per heavy atom. The highest BCUT2D eigenvalue weighted by molar-refractivity contribution is 5.92. The Labute approximate surface area is 151 Å². The average Bonchev–Trinajstić information content (AvgIpc) is 2.67. The monoisotopic (exact) mass is 356 g/mol. The van der Waals surface area contributed by atoms with Crippen LogP contribution in [0.3, 0.4) is 0 Å². The van der Waals surface area contributed by atoms with Crippen molar-refractivity contribution < 1.29 is 18.7 Å². The lowest BCUT2D eigenvalue weighted by atomic mass is 9.95. The fraction of sp³-hybridized carbons (Fsp3) is 0.300. The van der Waals surface area contributed by atoms with Gasteiger partial charge >= 0.3 is 0 Å². The molecule has 0 saturated carbocycles. The largest absolute Gasteiger partial charge is 0.484 e. The van der Waals surface area contributed by atoms with Crippen LogP contribution in [0.15, 0.2) is 54.6 Å². The summed E-state index contributed by atoms with van der Waals surface area (Å²) >= 11 is 0. The number of hydrogen-bond donors (Lipinski definition) is 1. The quantitative estimate of drug-likeness (QED) is 0.896. The molecule has 26 heavy (non-hydrogen) atoms. The van der Waals surface area contributed by atoms with Crippen LogP contribution in [0.25, 0.3) is 0 Å². The summed E-state index contributed by atoms with van der Waals surface area (Å²) in [6.45, 7) is 1.01. The molecule has 1 aliphatic rings. The maximum atomic E-state index is 13.2. The second-order valence-electron chi connectivity index (χ2n) is 6.26. The zero-order valence-corrected chi connectivity index (χ0v) is 14.4. The second kappa shape index (κ2) is 8.47. The van der Waals surface area contributed by atoms with Gasteiger partial charge in [0, 0.05) is 24.7 Å². The number of benzene rings is 2. The summed E-state index contributed by atoms with van der Waals surface area (Å²) in [5.41, 5.74) is 0.449. The molecule has 0 aliphatic carbocycles. The number of carbonyl (C=O) groups is 2. The van der Waals surface area contributed by atoms with Crippen molar-refractivity contribution >= 4 is 17.5 Å². The van der Waals surface area contributed by atoms with E-state index in [9.17, 15) is 14.0 Å². The summed E-state index contributed by atoms with van der Waals surface area (Å²) in [5.74, 6) is -0.134. The predicted molar refractivity (Wildman–Crippen MR) is 96.3 cm³/mol. The van der Waals surface area contributed by atoms with Gasteiger partial charge in [-0.3, -0.25) is 9.59 Å². The lowest BCUT2D eigenvalue weighted by Gasteiger charge is -2.31. The van der Waals surface area contributed by atoms with Crippen molar-refractivity contribution in [3.05, 3.63) is 60.4 Å². The molecule has 0 radical (unpaired) electrons. The molecule has 1 saturated heterocycles. The minimum atomic E-state index is -0.387. The molecule has 5 nitrogen and oxygen atoms in total. The van der Waals surface area contributed by atoms with Crippen LogP contribution in [0, 0.1) is 11.7 Å². The van der Waals surface area contributed by atoms with Crippen molar-refractivity contribution in [3.8, 4) is 5.75 Å². The van der Waals surface area contributed by atoms with Crippen molar-refractivity contribution in [3.63, 3.8) is 0 Å². The van der Waals surface area contributed by atoms with Gasteiger partial charge in [0.1, 0.15) is 11.6 Å². The zero-order valence-electron chi connectivity index (χ0n) is 14.4. The van der Waals surface area contributed by atoms with Crippen molar-refractivity contribution in [2.24, 2.45) is 5.92 Å². The number of nitrogens with zero attached hydrogens (tertiary/aromatic N) is 1. The van der Waals surface area contributed by atoms with Crippen LogP contribution in [-0.4, -0.2) is 36.4 Å². The first-order chi connectivity index (χ1) is 12.6.